The summed E-state index contributed by atoms with van der Waals surface area (Å²) in [5.41, 5.74) is 6.19. The van der Waals surface area contributed by atoms with Crippen LogP contribution in [-0.4, -0.2) is 4.57 Å². The van der Waals surface area contributed by atoms with Gasteiger partial charge in [-0.3, -0.25) is 0 Å². The highest BCUT2D eigenvalue weighted by Crippen LogP contribution is 2.38. The molecular formula is C30H19NS. The van der Waals surface area contributed by atoms with E-state index in [1.807, 2.05) is 11.3 Å². The van der Waals surface area contributed by atoms with Crippen LogP contribution in [0.3, 0.4) is 0 Å². The van der Waals surface area contributed by atoms with Crippen molar-refractivity contribution in [3.8, 4) is 16.8 Å². The number of nitrogens with zero attached hydrogens (tertiary/aromatic N) is 1. The monoisotopic (exact) mass is 425 g/mol. The summed E-state index contributed by atoms with van der Waals surface area (Å²) in [6.07, 6.45) is 0. The Kier molecular flexibility index (Phi) is 3.78. The lowest BCUT2D eigenvalue weighted by Crippen LogP contribution is -1.92. The minimum atomic E-state index is 1.19. The predicted octanol–water partition coefficient (Wildman–Crippen LogP) is 8.82. The molecule has 32 heavy (non-hydrogen) atoms. The Labute approximate surface area is 189 Å². The third-order valence-corrected chi connectivity index (χ3v) is 7.55. The predicted molar refractivity (Wildman–Crippen MR) is 139 cm³/mol. The number of fused-ring (bicyclic) bond motifs is 6. The van der Waals surface area contributed by atoms with Gasteiger partial charge in [0.2, 0.25) is 0 Å². The quantitative estimate of drug-likeness (QED) is 0.261. The standard InChI is InChI=1S/C30H19NS/c1-2-8-22(9-3-1)31-27-12-6-4-10-23(27)25-18-20(14-16-28(25)31)21-15-17-30-26(19-21)24-11-5-7-13-29(24)32-30/h1-19H. The summed E-state index contributed by atoms with van der Waals surface area (Å²) >= 11 is 1.87. The normalized spacial score (nSPS) is 11.8. The zero-order chi connectivity index (χ0) is 21.1. The minimum absolute atomic E-state index is 1.19. The average Bonchev–Trinajstić information content (AvgIpc) is 3.39. The van der Waals surface area contributed by atoms with E-state index >= 15 is 0 Å². The van der Waals surface area contributed by atoms with Gasteiger partial charge in [0.05, 0.1) is 11.0 Å². The summed E-state index contributed by atoms with van der Waals surface area (Å²) in [5, 5.41) is 5.26. The van der Waals surface area contributed by atoms with E-state index in [1.165, 1.54) is 58.8 Å². The van der Waals surface area contributed by atoms with Crippen LogP contribution in [0.15, 0.2) is 115 Å². The molecule has 0 radical (unpaired) electrons. The lowest BCUT2D eigenvalue weighted by molar-refractivity contribution is 1.18. The molecule has 0 unspecified atom stereocenters. The van der Waals surface area contributed by atoms with Crippen LogP contribution < -0.4 is 0 Å². The average molecular weight is 426 g/mol. The van der Waals surface area contributed by atoms with E-state index in [-0.39, 0.29) is 0 Å². The minimum Gasteiger partial charge on any atom is -0.309 e. The molecule has 1 nitrogen and oxygen atoms in total. The second kappa shape index (κ2) is 6.81. The Bertz CT molecular complexity index is 1770. The van der Waals surface area contributed by atoms with E-state index in [1.54, 1.807) is 0 Å². The Hall–Kier alpha value is -3.88. The number of aromatic nitrogens is 1. The van der Waals surface area contributed by atoms with Crippen LogP contribution in [0.1, 0.15) is 0 Å². The number of hydrogen-bond acceptors (Lipinski definition) is 1. The van der Waals surface area contributed by atoms with Gasteiger partial charge in [0, 0.05) is 36.6 Å². The van der Waals surface area contributed by atoms with Gasteiger partial charge in [0.15, 0.2) is 0 Å². The molecular weight excluding hydrogens is 406 g/mol. The molecule has 7 aromatic rings. The third-order valence-electron chi connectivity index (χ3n) is 6.40. The molecule has 0 spiro atoms. The van der Waals surface area contributed by atoms with Crippen molar-refractivity contribution in [2.75, 3.05) is 0 Å². The van der Waals surface area contributed by atoms with Crippen molar-refractivity contribution in [3.63, 3.8) is 0 Å². The maximum atomic E-state index is 2.37. The first-order chi connectivity index (χ1) is 15.9. The third kappa shape index (κ3) is 2.57. The van der Waals surface area contributed by atoms with E-state index in [9.17, 15) is 0 Å². The highest BCUT2D eigenvalue weighted by Gasteiger charge is 2.13. The summed E-state index contributed by atoms with van der Waals surface area (Å²) in [5.74, 6) is 0. The smallest absolute Gasteiger partial charge is 0.0541 e. The molecule has 0 amide bonds. The van der Waals surface area contributed by atoms with Crippen molar-refractivity contribution in [2.24, 2.45) is 0 Å². The summed E-state index contributed by atoms with van der Waals surface area (Å²) in [7, 11) is 0. The zero-order valence-corrected chi connectivity index (χ0v) is 18.1. The van der Waals surface area contributed by atoms with Crippen molar-refractivity contribution in [2.45, 2.75) is 0 Å². The number of thiophene rings is 1. The fourth-order valence-corrected chi connectivity index (χ4v) is 6.00. The lowest BCUT2D eigenvalue weighted by Gasteiger charge is -2.08. The van der Waals surface area contributed by atoms with E-state index in [0.717, 1.165) is 0 Å². The second-order valence-electron chi connectivity index (χ2n) is 8.23. The molecule has 0 aliphatic heterocycles. The van der Waals surface area contributed by atoms with Crippen molar-refractivity contribution in [1.82, 2.24) is 4.57 Å². The summed E-state index contributed by atoms with van der Waals surface area (Å²) in [6, 6.07) is 41.8. The van der Waals surface area contributed by atoms with E-state index in [4.69, 9.17) is 0 Å². The fourth-order valence-electron chi connectivity index (χ4n) is 4.91. The molecule has 0 bridgehead atoms. The largest absolute Gasteiger partial charge is 0.309 e. The van der Waals surface area contributed by atoms with Gasteiger partial charge in [-0.2, -0.15) is 0 Å². The zero-order valence-electron chi connectivity index (χ0n) is 17.3. The first kappa shape index (κ1) is 17.8. The van der Waals surface area contributed by atoms with Crippen LogP contribution in [0.25, 0.3) is 58.8 Å². The van der Waals surface area contributed by atoms with E-state index in [2.05, 4.69) is 120 Å². The molecule has 0 aliphatic carbocycles. The highest BCUT2D eigenvalue weighted by atomic mass is 32.1. The molecule has 2 aromatic heterocycles. The van der Waals surface area contributed by atoms with Gasteiger partial charge in [-0.25, -0.2) is 0 Å². The van der Waals surface area contributed by atoms with Crippen LogP contribution in [0, 0.1) is 0 Å². The maximum Gasteiger partial charge on any atom is 0.0541 e. The molecule has 5 aromatic carbocycles. The molecule has 7 rings (SSSR count). The van der Waals surface area contributed by atoms with E-state index in [0.29, 0.717) is 0 Å². The molecule has 2 heterocycles. The highest BCUT2D eigenvalue weighted by molar-refractivity contribution is 7.25. The fraction of sp³-hybridized carbons (Fsp3) is 0. The Morgan fingerprint density at radius 1 is 0.438 bits per heavy atom. The molecule has 0 N–H and O–H groups in total. The Morgan fingerprint density at radius 3 is 1.94 bits per heavy atom. The van der Waals surface area contributed by atoms with Gasteiger partial charge >= 0.3 is 0 Å². The molecule has 0 atom stereocenters. The molecule has 0 saturated carbocycles. The van der Waals surface area contributed by atoms with E-state index < -0.39 is 0 Å². The number of hydrogen-bond donors (Lipinski definition) is 0. The molecule has 0 fully saturated rings. The Balaban J connectivity index is 1.49. The molecule has 0 aliphatic rings. The SMILES string of the molecule is c1ccc(-n2c3ccccc3c3cc(-c4ccc5sc6ccccc6c5c4)ccc32)cc1. The first-order valence-corrected chi connectivity index (χ1v) is 11.7. The molecule has 150 valence electrons. The molecule has 0 saturated heterocycles. The summed E-state index contributed by atoms with van der Waals surface area (Å²) in [6.45, 7) is 0. The lowest BCUT2D eigenvalue weighted by atomic mass is 10.0. The maximum absolute atomic E-state index is 2.37. The van der Waals surface area contributed by atoms with Crippen molar-refractivity contribution in [1.29, 1.82) is 0 Å². The Morgan fingerprint density at radius 2 is 1.06 bits per heavy atom. The summed E-state index contributed by atoms with van der Waals surface area (Å²) < 4.78 is 5.06. The van der Waals surface area contributed by atoms with Gasteiger partial charge in [-0.05, 0) is 59.7 Å². The van der Waals surface area contributed by atoms with Crippen molar-refractivity contribution >= 4 is 53.3 Å². The van der Waals surface area contributed by atoms with Gasteiger partial charge in [0.25, 0.3) is 0 Å². The number of para-hydroxylation sites is 2. The number of rotatable bonds is 2. The van der Waals surface area contributed by atoms with Crippen LogP contribution in [0.4, 0.5) is 0 Å². The van der Waals surface area contributed by atoms with Crippen LogP contribution in [-0.2, 0) is 0 Å². The van der Waals surface area contributed by atoms with Crippen LogP contribution in [0.5, 0.6) is 0 Å². The van der Waals surface area contributed by atoms with Gasteiger partial charge < -0.3 is 4.57 Å². The van der Waals surface area contributed by atoms with Crippen LogP contribution in [0.2, 0.25) is 0 Å². The van der Waals surface area contributed by atoms with Gasteiger partial charge in [0.1, 0.15) is 0 Å². The number of benzene rings is 5. The second-order valence-corrected chi connectivity index (χ2v) is 9.31. The van der Waals surface area contributed by atoms with Crippen molar-refractivity contribution in [3.05, 3.63) is 115 Å². The molecule has 2 heteroatoms. The van der Waals surface area contributed by atoms with Crippen molar-refractivity contribution < 1.29 is 0 Å². The van der Waals surface area contributed by atoms with Gasteiger partial charge in [-0.15, -0.1) is 11.3 Å². The summed E-state index contributed by atoms with van der Waals surface area (Å²) in [4.78, 5) is 0. The van der Waals surface area contributed by atoms with Crippen LogP contribution >= 0.6 is 11.3 Å². The topological polar surface area (TPSA) is 4.93 Å². The first-order valence-electron chi connectivity index (χ1n) is 10.9. The van der Waals surface area contributed by atoms with Gasteiger partial charge in [-0.1, -0.05) is 66.7 Å².